The van der Waals surface area contributed by atoms with E-state index in [1.807, 2.05) is 31.3 Å². The molecule has 3 N–H and O–H groups in total. The lowest BCUT2D eigenvalue weighted by Crippen LogP contribution is -2.45. The SMILES string of the molecule is CN(CC1(O)CCOCC1)c1ccc(CN)cc1. The van der Waals surface area contributed by atoms with Crippen LogP contribution >= 0.6 is 0 Å². The molecular weight excluding hydrogens is 228 g/mol. The first-order valence-electron chi connectivity index (χ1n) is 6.43. The highest BCUT2D eigenvalue weighted by atomic mass is 16.5. The smallest absolute Gasteiger partial charge is 0.0865 e. The first-order chi connectivity index (χ1) is 8.63. The van der Waals surface area contributed by atoms with E-state index in [1.165, 1.54) is 0 Å². The van der Waals surface area contributed by atoms with Gasteiger partial charge in [-0.2, -0.15) is 0 Å². The molecule has 1 aliphatic heterocycles. The molecule has 0 aromatic heterocycles. The van der Waals surface area contributed by atoms with Crippen LogP contribution in [0.15, 0.2) is 24.3 Å². The number of rotatable bonds is 4. The average molecular weight is 250 g/mol. The molecule has 0 amide bonds. The Hall–Kier alpha value is -1.10. The molecule has 18 heavy (non-hydrogen) atoms. The maximum absolute atomic E-state index is 10.5. The topological polar surface area (TPSA) is 58.7 Å². The quantitative estimate of drug-likeness (QED) is 0.841. The number of nitrogens with two attached hydrogens (primary N) is 1. The third kappa shape index (κ3) is 3.22. The van der Waals surface area contributed by atoms with Gasteiger partial charge in [0.05, 0.1) is 5.60 Å². The summed E-state index contributed by atoms with van der Waals surface area (Å²) >= 11 is 0. The van der Waals surface area contributed by atoms with E-state index in [0.29, 0.717) is 39.1 Å². The minimum absolute atomic E-state index is 0.561. The Balaban J connectivity index is 1.99. The van der Waals surface area contributed by atoms with Crippen molar-refractivity contribution in [1.29, 1.82) is 0 Å². The first kappa shape index (κ1) is 13.3. The van der Waals surface area contributed by atoms with E-state index in [-0.39, 0.29) is 0 Å². The summed E-state index contributed by atoms with van der Waals surface area (Å²) in [6, 6.07) is 8.15. The third-order valence-corrected chi connectivity index (χ3v) is 3.57. The van der Waals surface area contributed by atoms with Crippen molar-refractivity contribution in [3.8, 4) is 0 Å². The van der Waals surface area contributed by atoms with E-state index < -0.39 is 5.60 Å². The Bertz CT molecular complexity index is 372. The molecule has 1 aliphatic rings. The summed E-state index contributed by atoms with van der Waals surface area (Å²) < 4.78 is 5.29. The van der Waals surface area contributed by atoms with Gasteiger partial charge in [0.1, 0.15) is 0 Å². The largest absolute Gasteiger partial charge is 0.388 e. The van der Waals surface area contributed by atoms with E-state index in [1.54, 1.807) is 0 Å². The maximum atomic E-state index is 10.5. The minimum Gasteiger partial charge on any atom is -0.388 e. The molecular formula is C14H22N2O2. The molecule has 2 rings (SSSR count). The van der Waals surface area contributed by atoms with Crippen molar-refractivity contribution in [3.05, 3.63) is 29.8 Å². The van der Waals surface area contributed by atoms with Crippen LogP contribution < -0.4 is 10.6 Å². The highest BCUT2D eigenvalue weighted by Crippen LogP contribution is 2.24. The van der Waals surface area contributed by atoms with Crippen LogP contribution in [0.1, 0.15) is 18.4 Å². The third-order valence-electron chi connectivity index (χ3n) is 3.57. The molecule has 0 saturated carbocycles. The lowest BCUT2D eigenvalue weighted by molar-refractivity contribution is -0.0572. The molecule has 100 valence electrons. The fraction of sp³-hybridized carbons (Fsp3) is 0.571. The molecule has 1 saturated heterocycles. The van der Waals surface area contributed by atoms with Crippen molar-refractivity contribution < 1.29 is 9.84 Å². The molecule has 0 radical (unpaired) electrons. The molecule has 1 aromatic rings. The molecule has 0 unspecified atom stereocenters. The number of likely N-dealkylation sites (N-methyl/N-ethyl adjacent to an activating group) is 1. The highest BCUT2D eigenvalue weighted by Gasteiger charge is 2.31. The molecule has 0 bridgehead atoms. The van der Waals surface area contributed by atoms with Crippen molar-refractivity contribution in [2.24, 2.45) is 5.73 Å². The van der Waals surface area contributed by atoms with Gasteiger partial charge in [-0.25, -0.2) is 0 Å². The van der Waals surface area contributed by atoms with E-state index in [9.17, 15) is 5.11 Å². The zero-order valence-electron chi connectivity index (χ0n) is 10.9. The van der Waals surface area contributed by atoms with Crippen LogP contribution in [0.2, 0.25) is 0 Å². The summed E-state index contributed by atoms with van der Waals surface area (Å²) in [6.07, 6.45) is 1.41. The second kappa shape index (κ2) is 5.69. The van der Waals surface area contributed by atoms with Crippen molar-refractivity contribution in [3.63, 3.8) is 0 Å². The number of benzene rings is 1. The van der Waals surface area contributed by atoms with Crippen molar-refractivity contribution in [2.45, 2.75) is 25.0 Å². The molecule has 1 aromatic carbocycles. The zero-order chi connectivity index (χ0) is 13.0. The Morgan fingerprint density at radius 2 is 1.89 bits per heavy atom. The van der Waals surface area contributed by atoms with Crippen LogP contribution in [0.25, 0.3) is 0 Å². The van der Waals surface area contributed by atoms with Gasteiger partial charge in [-0.1, -0.05) is 12.1 Å². The van der Waals surface area contributed by atoms with Crippen LogP contribution in [-0.4, -0.2) is 37.5 Å². The summed E-state index contributed by atoms with van der Waals surface area (Å²) in [5.41, 5.74) is 7.18. The lowest BCUT2D eigenvalue weighted by Gasteiger charge is -2.36. The van der Waals surface area contributed by atoms with E-state index in [0.717, 1.165) is 11.3 Å². The van der Waals surface area contributed by atoms with Crippen LogP contribution in [0.3, 0.4) is 0 Å². The van der Waals surface area contributed by atoms with Gasteiger partial charge in [-0.05, 0) is 17.7 Å². The predicted molar refractivity (Wildman–Crippen MR) is 72.6 cm³/mol. The Morgan fingerprint density at radius 3 is 2.44 bits per heavy atom. The van der Waals surface area contributed by atoms with Crippen molar-refractivity contribution in [2.75, 3.05) is 31.7 Å². The molecule has 4 nitrogen and oxygen atoms in total. The van der Waals surface area contributed by atoms with Gasteiger partial charge in [0, 0.05) is 51.9 Å². The molecule has 1 fully saturated rings. The molecule has 4 heteroatoms. The number of ether oxygens (including phenoxy) is 1. The second-order valence-corrected chi connectivity index (χ2v) is 5.06. The number of hydrogen-bond donors (Lipinski definition) is 2. The molecule has 0 aliphatic carbocycles. The van der Waals surface area contributed by atoms with E-state index >= 15 is 0 Å². The fourth-order valence-corrected chi connectivity index (χ4v) is 2.33. The number of hydrogen-bond acceptors (Lipinski definition) is 4. The van der Waals surface area contributed by atoms with Crippen LogP contribution in [0.4, 0.5) is 5.69 Å². The van der Waals surface area contributed by atoms with Crippen LogP contribution in [0, 0.1) is 0 Å². The summed E-state index contributed by atoms with van der Waals surface area (Å²) in [5.74, 6) is 0. The monoisotopic (exact) mass is 250 g/mol. The maximum Gasteiger partial charge on any atom is 0.0865 e. The predicted octanol–water partition coefficient (Wildman–Crippen LogP) is 1.12. The van der Waals surface area contributed by atoms with Gasteiger partial charge >= 0.3 is 0 Å². The summed E-state index contributed by atoms with van der Waals surface area (Å²) in [5, 5.41) is 10.5. The standard InChI is InChI=1S/C14H22N2O2/c1-16(11-14(17)6-8-18-9-7-14)13-4-2-12(10-15)3-5-13/h2-5,17H,6-11,15H2,1H3. The summed E-state index contributed by atoms with van der Waals surface area (Å²) in [7, 11) is 2.00. The number of aliphatic hydroxyl groups is 1. The fourth-order valence-electron chi connectivity index (χ4n) is 2.33. The Labute approximate surface area is 108 Å². The number of nitrogens with zero attached hydrogens (tertiary/aromatic N) is 1. The number of anilines is 1. The van der Waals surface area contributed by atoms with Gasteiger partial charge in [0.25, 0.3) is 0 Å². The van der Waals surface area contributed by atoms with Gasteiger partial charge in [0.15, 0.2) is 0 Å². The van der Waals surface area contributed by atoms with Gasteiger partial charge in [-0.3, -0.25) is 0 Å². The van der Waals surface area contributed by atoms with Gasteiger partial charge in [0.2, 0.25) is 0 Å². The first-order valence-corrected chi connectivity index (χ1v) is 6.43. The summed E-state index contributed by atoms with van der Waals surface area (Å²) in [4.78, 5) is 2.09. The van der Waals surface area contributed by atoms with Gasteiger partial charge < -0.3 is 20.5 Å². The summed E-state index contributed by atoms with van der Waals surface area (Å²) in [6.45, 7) is 2.50. The van der Waals surface area contributed by atoms with E-state index in [2.05, 4.69) is 4.90 Å². The highest BCUT2D eigenvalue weighted by molar-refractivity contribution is 5.47. The van der Waals surface area contributed by atoms with Crippen molar-refractivity contribution in [1.82, 2.24) is 0 Å². The lowest BCUT2D eigenvalue weighted by atomic mass is 9.94. The Kier molecular flexibility index (Phi) is 4.22. The van der Waals surface area contributed by atoms with Gasteiger partial charge in [-0.15, -0.1) is 0 Å². The molecule has 0 spiro atoms. The molecule has 1 heterocycles. The molecule has 0 atom stereocenters. The van der Waals surface area contributed by atoms with Crippen LogP contribution in [0.5, 0.6) is 0 Å². The Morgan fingerprint density at radius 1 is 1.28 bits per heavy atom. The normalized spacial score (nSPS) is 18.6. The zero-order valence-corrected chi connectivity index (χ0v) is 10.9. The van der Waals surface area contributed by atoms with Crippen molar-refractivity contribution >= 4 is 5.69 Å². The van der Waals surface area contributed by atoms with E-state index in [4.69, 9.17) is 10.5 Å². The average Bonchev–Trinajstić information content (AvgIpc) is 2.39. The second-order valence-electron chi connectivity index (χ2n) is 5.06. The van der Waals surface area contributed by atoms with Crippen LogP contribution in [-0.2, 0) is 11.3 Å². The minimum atomic E-state index is -0.625.